The summed E-state index contributed by atoms with van der Waals surface area (Å²) in [5.74, 6) is -2.59. The van der Waals surface area contributed by atoms with Crippen LogP contribution in [0.3, 0.4) is 0 Å². The number of benzene rings is 2. The minimum Gasteiger partial charge on any atom is -0.355 e. The lowest BCUT2D eigenvalue weighted by molar-refractivity contribution is -0.147. The molecule has 0 saturated heterocycles. The number of alkyl halides is 3. The number of hydrogen-bond acceptors (Lipinski definition) is 6. The number of amides is 2. The molecule has 2 N–H and O–H groups in total. The normalized spacial score (nSPS) is 11.5. The molecule has 2 aromatic heterocycles. The molecule has 0 atom stereocenters. The lowest BCUT2D eigenvalue weighted by Gasteiger charge is -2.15. The molecule has 2 aromatic carbocycles. The molecule has 0 saturated carbocycles. The standard InChI is InChI=1S/C22H16Cl3F3N8O2/c1-10-5-12(24)6-14(19(37)29-2)18(10)30-20(38)17-8-13(9-35-21(22(26,27)28)31-33-34-35)32-36(17)16-7-11(23)3-4-15(16)25/h3-8H,9H2,1-2H3,(H,29,37)(H,30,38). The van der Waals surface area contributed by atoms with Gasteiger partial charge in [-0.25, -0.2) is 9.36 Å². The monoisotopic (exact) mass is 586 g/mol. The van der Waals surface area contributed by atoms with Gasteiger partial charge < -0.3 is 10.6 Å². The molecule has 10 nitrogen and oxygen atoms in total. The molecule has 0 fully saturated rings. The van der Waals surface area contributed by atoms with E-state index in [9.17, 15) is 22.8 Å². The van der Waals surface area contributed by atoms with E-state index in [1.807, 2.05) is 0 Å². The Morgan fingerprint density at radius 1 is 1.03 bits per heavy atom. The average molecular weight is 588 g/mol. The van der Waals surface area contributed by atoms with Crippen LogP contribution in [-0.4, -0.2) is 48.8 Å². The molecular weight excluding hydrogens is 572 g/mol. The summed E-state index contributed by atoms with van der Waals surface area (Å²) in [6, 6.07) is 8.60. The van der Waals surface area contributed by atoms with E-state index in [2.05, 4.69) is 31.3 Å². The summed E-state index contributed by atoms with van der Waals surface area (Å²) < 4.78 is 41.4. The van der Waals surface area contributed by atoms with E-state index in [1.54, 1.807) is 13.0 Å². The second-order valence-electron chi connectivity index (χ2n) is 7.86. The number of aromatic nitrogens is 6. The van der Waals surface area contributed by atoms with Crippen molar-refractivity contribution >= 4 is 52.3 Å². The number of rotatable bonds is 6. The number of nitrogens with zero attached hydrogens (tertiary/aromatic N) is 6. The van der Waals surface area contributed by atoms with E-state index in [0.29, 0.717) is 10.2 Å². The number of carbonyl (C=O) groups is 2. The van der Waals surface area contributed by atoms with Crippen LogP contribution in [0.1, 0.15) is 37.9 Å². The Kier molecular flexibility index (Phi) is 7.63. The van der Waals surface area contributed by atoms with Crippen molar-refractivity contribution in [3.8, 4) is 5.69 Å². The van der Waals surface area contributed by atoms with E-state index in [-0.39, 0.29) is 43.4 Å². The molecule has 4 rings (SSSR count). The molecule has 0 bridgehead atoms. The lowest BCUT2D eigenvalue weighted by atomic mass is 10.1. The largest absolute Gasteiger partial charge is 0.453 e. The first-order chi connectivity index (χ1) is 17.9. The number of carbonyl (C=O) groups excluding carboxylic acids is 2. The second-order valence-corrected chi connectivity index (χ2v) is 9.14. The van der Waals surface area contributed by atoms with Gasteiger partial charge in [0.1, 0.15) is 5.69 Å². The van der Waals surface area contributed by atoms with Gasteiger partial charge in [-0.3, -0.25) is 9.59 Å². The molecule has 0 unspecified atom stereocenters. The zero-order valence-electron chi connectivity index (χ0n) is 19.4. The fourth-order valence-electron chi connectivity index (χ4n) is 3.57. The molecule has 0 aliphatic rings. The summed E-state index contributed by atoms with van der Waals surface area (Å²) in [5.41, 5.74) is 0.820. The van der Waals surface area contributed by atoms with E-state index in [0.717, 1.165) is 4.68 Å². The maximum Gasteiger partial charge on any atom is 0.453 e. The van der Waals surface area contributed by atoms with Gasteiger partial charge in [0.05, 0.1) is 34.2 Å². The number of hydrogen-bond donors (Lipinski definition) is 2. The van der Waals surface area contributed by atoms with Crippen LogP contribution in [0.5, 0.6) is 0 Å². The third-order valence-corrected chi connectivity index (χ3v) is 6.01. The number of anilines is 1. The van der Waals surface area contributed by atoms with Crippen LogP contribution in [0.25, 0.3) is 5.69 Å². The zero-order chi connectivity index (χ0) is 27.8. The third-order valence-electron chi connectivity index (χ3n) is 5.24. The fraction of sp³-hybridized carbons (Fsp3) is 0.182. The van der Waals surface area contributed by atoms with Gasteiger partial charge in [-0.05, 0) is 59.3 Å². The van der Waals surface area contributed by atoms with Gasteiger partial charge in [0.15, 0.2) is 0 Å². The van der Waals surface area contributed by atoms with Gasteiger partial charge >= 0.3 is 6.18 Å². The average Bonchev–Trinajstić information content (AvgIpc) is 3.49. The Morgan fingerprint density at radius 2 is 1.76 bits per heavy atom. The summed E-state index contributed by atoms with van der Waals surface area (Å²) in [6.07, 6.45) is -4.81. The molecule has 2 heterocycles. The maximum atomic E-state index is 13.5. The number of tetrazole rings is 1. The van der Waals surface area contributed by atoms with Crippen LogP contribution in [0.2, 0.25) is 15.1 Å². The predicted molar refractivity (Wildman–Crippen MR) is 133 cm³/mol. The Hall–Kier alpha value is -3.68. The van der Waals surface area contributed by atoms with Gasteiger partial charge in [-0.15, -0.1) is 5.10 Å². The topological polar surface area (TPSA) is 120 Å². The van der Waals surface area contributed by atoms with Crippen LogP contribution in [0.15, 0.2) is 36.4 Å². The fourth-order valence-corrected chi connectivity index (χ4v) is 4.21. The summed E-state index contributed by atoms with van der Waals surface area (Å²) in [7, 11) is 1.42. The molecule has 198 valence electrons. The molecule has 2 amide bonds. The first-order valence-corrected chi connectivity index (χ1v) is 11.7. The summed E-state index contributed by atoms with van der Waals surface area (Å²) in [6.45, 7) is 1.12. The summed E-state index contributed by atoms with van der Waals surface area (Å²) >= 11 is 18.5. The van der Waals surface area contributed by atoms with Crippen LogP contribution >= 0.6 is 34.8 Å². The molecule has 16 heteroatoms. The molecule has 4 aromatic rings. The summed E-state index contributed by atoms with van der Waals surface area (Å²) in [5, 5.41) is 19.6. The minimum atomic E-state index is -4.81. The van der Waals surface area contributed by atoms with Gasteiger partial charge in [0.25, 0.3) is 17.6 Å². The SMILES string of the molecule is CNC(=O)c1cc(Cl)cc(C)c1NC(=O)c1cc(Cn2nnnc2C(F)(F)F)nn1-c1cc(Cl)ccc1Cl. The number of halogens is 6. The Labute approximate surface area is 227 Å². The van der Waals surface area contributed by atoms with E-state index in [4.69, 9.17) is 34.8 Å². The van der Waals surface area contributed by atoms with Crippen molar-refractivity contribution in [2.24, 2.45) is 0 Å². The highest BCUT2D eigenvalue weighted by Crippen LogP contribution is 2.30. The van der Waals surface area contributed by atoms with Crippen LogP contribution in [0.4, 0.5) is 18.9 Å². The second kappa shape index (κ2) is 10.6. The third kappa shape index (κ3) is 5.59. The van der Waals surface area contributed by atoms with Crippen LogP contribution in [-0.2, 0) is 12.7 Å². The van der Waals surface area contributed by atoms with E-state index >= 15 is 0 Å². The number of aryl methyl sites for hydroxylation is 1. The van der Waals surface area contributed by atoms with Gasteiger partial charge in [0, 0.05) is 17.1 Å². The van der Waals surface area contributed by atoms with E-state index in [1.165, 1.54) is 37.4 Å². The van der Waals surface area contributed by atoms with Gasteiger partial charge in [0.2, 0.25) is 0 Å². The van der Waals surface area contributed by atoms with Crippen LogP contribution < -0.4 is 10.6 Å². The molecule has 0 radical (unpaired) electrons. The Morgan fingerprint density at radius 3 is 2.45 bits per heavy atom. The minimum absolute atomic E-state index is 0.00310. The first-order valence-electron chi connectivity index (χ1n) is 10.6. The predicted octanol–water partition coefficient (Wildman–Crippen LogP) is 4.81. The summed E-state index contributed by atoms with van der Waals surface area (Å²) in [4.78, 5) is 25.9. The van der Waals surface area contributed by atoms with Crippen molar-refractivity contribution in [1.82, 2.24) is 35.3 Å². The van der Waals surface area contributed by atoms with Crippen LogP contribution in [0, 0.1) is 6.92 Å². The molecule has 0 aliphatic heterocycles. The highest BCUT2D eigenvalue weighted by atomic mass is 35.5. The first kappa shape index (κ1) is 27.4. The van der Waals surface area contributed by atoms with E-state index < -0.39 is 30.4 Å². The lowest BCUT2D eigenvalue weighted by Crippen LogP contribution is -2.23. The quantitative estimate of drug-likeness (QED) is 0.334. The highest BCUT2D eigenvalue weighted by Gasteiger charge is 2.38. The smallest absolute Gasteiger partial charge is 0.355 e. The molecular formula is C22H16Cl3F3N8O2. The van der Waals surface area contributed by atoms with Crippen molar-refractivity contribution < 1.29 is 22.8 Å². The molecule has 38 heavy (non-hydrogen) atoms. The van der Waals surface area contributed by atoms with Crippen molar-refractivity contribution in [3.63, 3.8) is 0 Å². The Balaban J connectivity index is 1.81. The zero-order valence-corrected chi connectivity index (χ0v) is 21.7. The van der Waals surface area contributed by atoms with Crippen molar-refractivity contribution in [1.29, 1.82) is 0 Å². The van der Waals surface area contributed by atoms with Gasteiger partial charge in [-0.2, -0.15) is 18.3 Å². The maximum absolute atomic E-state index is 13.5. The van der Waals surface area contributed by atoms with Gasteiger partial charge in [-0.1, -0.05) is 34.8 Å². The Bertz CT molecular complexity index is 1550. The highest BCUT2D eigenvalue weighted by molar-refractivity contribution is 6.34. The molecule has 0 aliphatic carbocycles. The van der Waals surface area contributed by atoms with Crippen molar-refractivity contribution in [2.75, 3.05) is 12.4 Å². The molecule has 0 spiro atoms. The van der Waals surface area contributed by atoms with Crippen molar-refractivity contribution in [3.05, 3.63) is 79.8 Å². The van der Waals surface area contributed by atoms with Crippen molar-refractivity contribution in [2.45, 2.75) is 19.6 Å². The number of nitrogens with one attached hydrogen (secondary N) is 2.